The summed E-state index contributed by atoms with van der Waals surface area (Å²) in [6, 6.07) is 4.03. The highest BCUT2D eigenvalue weighted by atomic mass is 14.8. The van der Waals surface area contributed by atoms with Gasteiger partial charge < -0.3 is 5.73 Å². The first-order chi connectivity index (χ1) is 5.56. The van der Waals surface area contributed by atoms with Gasteiger partial charge in [-0.1, -0.05) is 6.92 Å². The topological polar surface area (TPSA) is 38.9 Å². The zero-order chi connectivity index (χ0) is 9.19. The molecule has 1 rings (SSSR count). The van der Waals surface area contributed by atoms with Gasteiger partial charge in [-0.05, 0) is 38.0 Å². The Morgan fingerprint density at radius 3 is 2.75 bits per heavy atom. The Bertz CT molecular complexity index is 266. The first-order valence-electron chi connectivity index (χ1n) is 4.28. The second kappa shape index (κ2) is 3.23. The molecule has 0 amide bonds. The van der Waals surface area contributed by atoms with Crippen molar-refractivity contribution < 1.29 is 0 Å². The van der Waals surface area contributed by atoms with E-state index in [0.29, 0.717) is 0 Å². The molecule has 0 aliphatic carbocycles. The maximum atomic E-state index is 6.04. The molecule has 66 valence electrons. The molecule has 0 spiro atoms. The van der Waals surface area contributed by atoms with E-state index in [0.717, 1.165) is 12.1 Å². The minimum Gasteiger partial charge on any atom is -0.320 e. The Kier molecular flexibility index (Phi) is 2.48. The van der Waals surface area contributed by atoms with Crippen molar-refractivity contribution in [3.63, 3.8) is 0 Å². The number of nitrogens with two attached hydrogens (primary N) is 1. The van der Waals surface area contributed by atoms with Gasteiger partial charge in [-0.2, -0.15) is 0 Å². The number of pyridine rings is 1. The van der Waals surface area contributed by atoms with E-state index in [9.17, 15) is 0 Å². The monoisotopic (exact) mass is 164 g/mol. The normalized spacial score (nSPS) is 15.7. The third-order valence-electron chi connectivity index (χ3n) is 2.24. The van der Waals surface area contributed by atoms with Crippen LogP contribution >= 0.6 is 0 Å². The summed E-state index contributed by atoms with van der Waals surface area (Å²) in [5.74, 6) is 0. The Hall–Kier alpha value is -0.890. The van der Waals surface area contributed by atoms with Crippen molar-refractivity contribution in [1.82, 2.24) is 4.98 Å². The molecule has 1 aromatic heterocycles. The molecule has 2 heteroatoms. The number of aromatic nitrogens is 1. The van der Waals surface area contributed by atoms with Crippen LogP contribution in [0.25, 0.3) is 0 Å². The fraction of sp³-hybridized carbons (Fsp3) is 0.500. The minimum atomic E-state index is -0.286. The zero-order valence-electron chi connectivity index (χ0n) is 7.96. The lowest BCUT2D eigenvalue weighted by atomic mass is 9.95. The van der Waals surface area contributed by atoms with E-state index in [1.165, 1.54) is 5.56 Å². The van der Waals surface area contributed by atoms with Crippen LogP contribution in [0.1, 0.15) is 31.5 Å². The van der Waals surface area contributed by atoms with Crippen molar-refractivity contribution in [1.29, 1.82) is 0 Å². The average Bonchev–Trinajstić information content (AvgIpc) is 2.05. The molecule has 2 nitrogen and oxygen atoms in total. The lowest BCUT2D eigenvalue weighted by Crippen LogP contribution is -2.33. The van der Waals surface area contributed by atoms with Crippen molar-refractivity contribution in [3.8, 4) is 0 Å². The van der Waals surface area contributed by atoms with Crippen LogP contribution in [0.2, 0.25) is 0 Å². The third-order valence-corrected chi connectivity index (χ3v) is 2.24. The van der Waals surface area contributed by atoms with Gasteiger partial charge in [-0.25, -0.2) is 0 Å². The molecule has 1 atom stereocenters. The van der Waals surface area contributed by atoms with Crippen molar-refractivity contribution in [2.45, 2.75) is 32.7 Å². The predicted molar refractivity (Wildman–Crippen MR) is 50.8 cm³/mol. The van der Waals surface area contributed by atoms with Gasteiger partial charge in [-0.15, -0.1) is 0 Å². The molecule has 0 bridgehead atoms. The second-order valence-corrected chi connectivity index (χ2v) is 3.49. The summed E-state index contributed by atoms with van der Waals surface area (Å²) in [7, 11) is 0. The van der Waals surface area contributed by atoms with E-state index in [-0.39, 0.29) is 5.54 Å². The SMILES string of the molecule is CCC(C)(N)c1cc(C)ccn1. The number of nitrogens with zero attached hydrogens (tertiary/aromatic N) is 1. The van der Waals surface area contributed by atoms with Crippen LogP contribution in [0.15, 0.2) is 18.3 Å². The zero-order valence-corrected chi connectivity index (χ0v) is 7.96. The first kappa shape index (κ1) is 9.20. The quantitative estimate of drug-likeness (QED) is 0.725. The van der Waals surface area contributed by atoms with E-state index in [2.05, 4.69) is 18.8 Å². The molecule has 12 heavy (non-hydrogen) atoms. The van der Waals surface area contributed by atoms with Crippen LogP contribution in [0.4, 0.5) is 0 Å². The molecule has 2 N–H and O–H groups in total. The molecular formula is C10H16N2. The van der Waals surface area contributed by atoms with E-state index in [4.69, 9.17) is 5.73 Å². The summed E-state index contributed by atoms with van der Waals surface area (Å²) in [5, 5.41) is 0. The van der Waals surface area contributed by atoms with Crippen molar-refractivity contribution in [3.05, 3.63) is 29.6 Å². The van der Waals surface area contributed by atoms with Crippen LogP contribution in [0.5, 0.6) is 0 Å². The van der Waals surface area contributed by atoms with Gasteiger partial charge in [0.15, 0.2) is 0 Å². The van der Waals surface area contributed by atoms with Crippen LogP contribution in [0.3, 0.4) is 0 Å². The van der Waals surface area contributed by atoms with Gasteiger partial charge in [0.2, 0.25) is 0 Å². The Balaban J connectivity index is 3.03. The number of hydrogen-bond acceptors (Lipinski definition) is 2. The van der Waals surface area contributed by atoms with E-state index < -0.39 is 0 Å². The molecule has 0 aromatic carbocycles. The molecule has 0 saturated heterocycles. The summed E-state index contributed by atoms with van der Waals surface area (Å²) < 4.78 is 0. The lowest BCUT2D eigenvalue weighted by molar-refractivity contribution is 0.461. The van der Waals surface area contributed by atoms with Crippen LogP contribution in [0, 0.1) is 6.92 Å². The lowest BCUT2D eigenvalue weighted by Gasteiger charge is -2.21. The van der Waals surface area contributed by atoms with Gasteiger partial charge in [0.25, 0.3) is 0 Å². The van der Waals surface area contributed by atoms with Gasteiger partial charge in [0.1, 0.15) is 0 Å². The Labute approximate surface area is 73.8 Å². The largest absolute Gasteiger partial charge is 0.320 e. The third kappa shape index (κ3) is 1.83. The van der Waals surface area contributed by atoms with Crippen LogP contribution < -0.4 is 5.73 Å². The van der Waals surface area contributed by atoms with Crippen LogP contribution in [-0.4, -0.2) is 4.98 Å². The molecule has 1 unspecified atom stereocenters. The maximum Gasteiger partial charge on any atom is 0.0602 e. The summed E-state index contributed by atoms with van der Waals surface area (Å²) in [6.07, 6.45) is 2.72. The number of rotatable bonds is 2. The number of aryl methyl sites for hydroxylation is 1. The molecule has 0 aliphatic heterocycles. The summed E-state index contributed by atoms with van der Waals surface area (Å²) in [4.78, 5) is 4.26. The molecule has 0 saturated carbocycles. The predicted octanol–water partition coefficient (Wildman–Crippen LogP) is 1.97. The van der Waals surface area contributed by atoms with Gasteiger partial charge in [-0.3, -0.25) is 4.98 Å². The molecule has 0 aliphatic rings. The van der Waals surface area contributed by atoms with Gasteiger partial charge >= 0.3 is 0 Å². The minimum absolute atomic E-state index is 0.286. The average molecular weight is 164 g/mol. The van der Waals surface area contributed by atoms with E-state index in [1.54, 1.807) is 0 Å². The highest BCUT2D eigenvalue weighted by Gasteiger charge is 2.19. The van der Waals surface area contributed by atoms with Gasteiger partial charge in [0.05, 0.1) is 11.2 Å². The standard InChI is InChI=1S/C10H16N2/c1-4-10(3,11)9-7-8(2)5-6-12-9/h5-7H,4,11H2,1-3H3. The Morgan fingerprint density at radius 1 is 1.58 bits per heavy atom. The van der Waals surface area contributed by atoms with Gasteiger partial charge in [0, 0.05) is 6.20 Å². The molecule has 1 aromatic rings. The van der Waals surface area contributed by atoms with Crippen LogP contribution in [-0.2, 0) is 5.54 Å². The Morgan fingerprint density at radius 2 is 2.25 bits per heavy atom. The highest BCUT2D eigenvalue weighted by molar-refractivity contribution is 5.20. The first-order valence-corrected chi connectivity index (χ1v) is 4.28. The molecular weight excluding hydrogens is 148 g/mol. The maximum absolute atomic E-state index is 6.04. The fourth-order valence-electron chi connectivity index (χ4n) is 1.03. The summed E-state index contributed by atoms with van der Waals surface area (Å²) in [5.41, 5.74) is 7.95. The van der Waals surface area contributed by atoms with E-state index >= 15 is 0 Å². The molecule has 0 radical (unpaired) electrons. The molecule has 1 heterocycles. The summed E-state index contributed by atoms with van der Waals surface area (Å²) >= 11 is 0. The molecule has 0 fully saturated rings. The fourth-order valence-corrected chi connectivity index (χ4v) is 1.03. The summed E-state index contributed by atoms with van der Waals surface area (Å²) in [6.45, 7) is 6.13. The van der Waals surface area contributed by atoms with E-state index in [1.807, 2.05) is 25.3 Å². The van der Waals surface area contributed by atoms with Crippen molar-refractivity contribution in [2.24, 2.45) is 5.73 Å². The smallest absolute Gasteiger partial charge is 0.0602 e. The number of hydrogen-bond donors (Lipinski definition) is 1. The van der Waals surface area contributed by atoms with Crippen molar-refractivity contribution in [2.75, 3.05) is 0 Å². The highest BCUT2D eigenvalue weighted by Crippen LogP contribution is 2.19. The second-order valence-electron chi connectivity index (χ2n) is 3.49. The van der Waals surface area contributed by atoms with Crippen molar-refractivity contribution >= 4 is 0 Å².